The summed E-state index contributed by atoms with van der Waals surface area (Å²) in [5, 5.41) is 3.57. The maximum atomic E-state index is 13.6. The Kier molecular flexibility index (Phi) is 3.38. The fraction of sp³-hybridized carbons (Fsp3) is 0.583. The molecular weight excluding hydrogens is 238 g/mol. The molecule has 4 nitrogen and oxygen atoms in total. The second-order valence-electron chi connectivity index (χ2n) is 4.68. The SMILES string of the molecule is C=CC1CN(N2CN=C(C)C=C2N)CCC1(F)F. The first-order valence-electron chi connectivity index (χ1n) is 5.95. The van der Waals surface area contributed by atoms with Gasteiger partial charge in [-0.05, 0) is 6.92 Å². The van der Waals surface area contributed by atoms with E-state index in [1.807, 2.05) is 11.9 Å². The van der Waals surface area contributed by atoms with Crippen LogP contribution in [0.4, 0.5) is 8.78 Å². The van der Waals surface area contributed by atoms with Crippen molar-refractivity contribution in [1.29, 1.82) is 0 Å². The molecule has 6 heteroatoms. The van der Waals surface area contributed by atoms with E-state index in [0.29, 0.717) is 12.5 Å². The molecule has 0 aromatic carbocycles. The minimum atomic E-state index is -2.67. The number of piperidine rings is 1. The van der Waals surface area contributed by atoms with Crippen LogP contribution in [0.5, 0.6) is 0 Å². The Labute approximate surface area is 105 Å². The summed E-state index contributed by atoms with van der Waals surface area (Å²) in [5.41, 5.74) is 6.76. The van der Waals surface area contributed by atoms with Crippen LogP contribution >= 0.6 is 0 Å². The molecule has 2 N–H and O–H groups in total. The zero-order chi connectivity index (χ0) is 13.3. The van der Waals surface area contributed by atoms with Gasteiger partial charge in [0.1, 0.15) is 12.5 Å². The van der Waals surface area contributed by atoms with Gasteiger partial charge in [0.2, 0.25) is 0 Å². The van der Waals surface area contributed by atoms with Crippen molar-refractivity contribution < 1.29 is 8.78 Å². The summed E-state index contributed by atoms with van der Waals surface area (Å²) in [6.07, 6.45) is 2.89. The largest absolute Gasteiger partial charge is 0.384 e. The molecule has 18 heavy (non-hydrogen) atoms. The first-order valence-corrected chi connectivity index (χ1v) is 5.95. The maximum absolute atomic E-state index is 13.6. The molecule has 2 heterocycles. The van der Waals surface area contributed by atoms with Gasteiger partial charge in [0, 0.05) is 31.3 Å². The molecule has 1 fully saturated rings. The summed E-state index contributed by atoms with van der Waals surface area (Å²) in [6, 6.07) is 0. The molecule has 0 aromatic rings. The standard InChI is InChI=1S/C12H18F2N4/c1-3-10-7-17(5-4-12(10,13)14)18-8-16-9(2)6-11(18)15/h3,6,10H,1,4-5,7-8,15H2,2H3. The van der Waals surface area contributed by atoms with E-state index < -0.39 is 11.8 Å². The van der Waals surface area contributed by atoms with Crippen molar-refractivity contribution in [2.45, 2.75) is 19.3 Å². The molecule has 1 atom stereocenters. The molecule has 1 saturated heterocycles. The number of hydrazine groups is 1. The van der Waals surface area contributed by atoms with Crippen LogP contribution in [0.1, 0.15) is 13.3 Å². The number of allylic oxidation sites excluding steroid dienone is 1. The van der Waals surface area contributed by atoms with E-state index in [4.69, 9.17) is 5.73 Å². The molecule has 0 amide bonds. The van der Waals surface area contributed by atoms with E-state index in [-0.39, 0.29) is 19.5 Å². The van der Waals surface area contributed by atoms with Gasteiger partial charge in [-0.2, -0.15) is 0 Å². The highest BCUT2D eigenvalue weighted by atomic mass is 19.3. The van der Waals surface area contributed by atoms with Gasteiger partial charge in [-0.15, -0.1) is 6.58 Å². The number of nitrogens with zero attached hydrogens (tertiary/aromatic N) is 3. The maximum Gasteiger partial charge on any atom is 0.256 e. The van der Waals surface area contributed by atoms with Gasteiger partial charge in [0.05, 0.1) is 5.92 Å². The average molecular weight is 256 g/mol. The normalized spacial score (nSPS) is 28.6. The van der Waals surface area contributed by atoms with Gasteiger partial charge in [-0.1, -0.05) is 6.08 Å². The predicted molar refractivity (Wildman–Crippen MR) is 66.9 cm³/mol. The summed E-state index contributed by atoms with van der Waals surface area (Å²) >= 11 is 0. The number of hydrogen-bond donors (Lipinski definition) is 1. The first-order chi connectivity index (χ1) is 8.44. The molecule has 2 aliphatic heterocycles. The Hall–Kier alpha value is -1.43. The quantitative estimate of drug-likeness (QED) is 0.763. The monoisotopic (exact) mass is 256 g/mol. The lowest BCUT2D eigenvalue weighted by Crippen LogP contribution is -2.54. The van der Waals surface area contributed by atoms with Crippen LogP contribution < -0.4 is 5.73 Å². The summed E-state index contributed by atoms with van der Waals surface area (Å²) in [5.74, 6) is -2.97. The highest BCUT2D eigenvalue weighted by Crippen LogP contribution is 2.35. The Morgan fingerprint density at radius 3 is 2.94 bits per heavy atom. The molecular formula is C12H18F2N4. The fourth-order valence-corrected chi connectivity index (χ4v) is 2.23. The van der Waals surface area contributed by atoms with E-state index in [2.05, 4.69) is 11.6 Å². The van der Waals surface area contributed by atoms with Crippen molar-refractivity contribution in [3.63, 3.8) is 0 Å². The van der Waals surface area contributed by atoms with Gasteiger partial charge < -0.3 is 5.73 Å². The molecule has 0 radical (unpaired) electrons. The van der Waals surface area contributed by atoms with E-state index in [9.17, 15) is 8.78 Å². The molecule has 0 bridgehead atoms. The number of halogens is 2. The highest BCUT2D eigenvalue weighted by Gasteiger charge is 2.43. The molecule has 0 spiro atoms. The van der Waals surface area contributed by atoms with Gasteiger partial charge >= 0.3 is 0 Å². The number of rotatable bonds is 2. The first kappa shape index (κ1) is 13.0. The highest BCUT2D eigenvalue weighted by molar-refractivity contribution is 5.93. The third kappa shape index (κ3) is 2.38. The summed E-state index contributed by atoms with van der Waals surface area (Å²) in [4.78, 5) is 4.26. The van der Waals surface area contributed by atoms with Crippen LogP contribution in [-0.2, 0) is 0 Å². The zero-order valence-electron chi connectivity index (χ0n) is 10.4. The number of nitrogens with two attached hydrogens (primary N) is 1. The van der Waals surface area contributed by atoms with Crippen molar-refractivity contribution in [1.82, 2.24) is 10.0 Å². The fourth-order valence-electron chi connectivity index (χ4n) is 2.23. The van der Waals surface area contributed by atoms with Crippen LogP contribution in [0.15, 0.2) is 29.5 Å². The van der Waals surface area contributed by atoms with Crippen molar-refractivity contribution in [3.05, 3.63) is 24.6 Å². The van der Waals surface area contributed by atoms with Crippen LogP contribution in [0, 0.1) is 5.92 Å². The summed E-state index contributed by atoms with van der Waals surface area (Å²) < 4.78 is 27.2. The van der Waals surface area contributed by atoms with Crippen molar-refractivity contribution in [2.24, 2.45) is 16.6 Å². The van der Waals surface area contributed by atoms with E-state index in [0.717, 1.165) is 5.71 Å². The molecule has 1 unspecified atom stereocenters. The van der Waals surface area contributed by atoms with Gasteiger partial charge in [-0.3, -0.25) is 10.0 Å². The smallest absolute Gasteiger partial charge is 0.256 e. The molecule has 0 saturated carbocycles. The molecule has 2 aliphatic rings. The summed E-state index contributed by atoms with van der Waals surface area (Å²) in [6.45, 7) is 6.25. The topological polar surface area (TPSA) is 44.9 Å². The van der Waals surface area contributed by atoms with E-state index in [1.165, 1.54) is 6.08 Å². The van der Waals surface area contributed by atoms with Crippen molar-refractivity contribution in [2.75, 3.05) is 19.8 Å². The Bertz CT molecular complexity index is 403. The minimum Gasteiger partial charge on any atom is -0.384 e. The Morgan fingerprint density at radius 2 is 2.33 bits per heavy atom. The van der Waals surface area contributed by atoms with Crippen LogP contribution in [0.2, 0.25) is 0 Å². The van der Waals surface area contributed by atoms with Crippen LogP contribution in [-0.4, -0.2) is 41.4 Å². The molecule has 2 rings (SSSR count). The lowest BCUT2D eigenvalue weighted by atomic mass is 9.94. The Morgan fingerprint density at radius 1 is 1.61 bits per heavy atom. The van der Waals surface area contributed by atoms with E-state index >= 15 is 0 Å². The average Bonchev–Trinajstić information content (AvgIpc) is 2.30. The lowest BCUT2D eigenvalue weighted by molar-refractivity contribution is -0.133. The predicted octanol–water partition coefficient (Wildman–Crippen LogP) is 1.58. The third-order valence-electron chi connectivity index (χ3n) is 3.39. The summed E-state index contributed by atoms with van der Waals surface area (Å²) in [7, 11) is 0. The second-order valence-corrected chi connectivity index (χ2v) is 4.68. The van der Waals surface area contributed by atoms with Crippen molar-refractivity contribution >= 4 is 5.71 Å². The molecule has 0 aromatic heterocycles. The van der Waals surface area contributed by atoms with Crippen LogP contribution in [0.25, 0.3) is 0 Å². The second kappa shape index (κ2) is 4.68. The van der Waals surface area contributed by atoms with E-state index in [1.54, 1.807) is 11.1 Å². The Balaban J connectivity index is 2.08. The van der Waals surface area contributed by atoms with Gasteiger partial charge in [-0.25, -0.2) is 13.8 Å². The van der Waals surface area contributed by atoms with Gasteiger partial charge in [0.25, 0.3) is 5.92 Å². The van der Waals surface area contributed by atoms with Crippen molar-refractivity contribution in [3.8, 4) is 0 Å². The molecule has 100 valence electrons. The zero-order valence-corrected chi connectivity index (χ0v) is 10.4. The minimum absolute atomic E-state index is 0.184. The number of alkyl halides is 2. The third-order valence-corrected chi connectivity index (χ3v) is 3.39. The number of aliphatic imine (C=N–C) groups is 1. The molecule has 0 aliphatic carbocycles. The number of hydrogen-bond acceptors (Lipinski definition) is 4. The van der Waals surface area contributed by atoms with Crippen LogP contribution in [0.3, 0.4) is 0 Å². The van der Waals surface area contributed by atoms with Gasteiger partial charge in [0.15, 0.2) is 0 Å². The lowest BCUT2D eigenvalue weighted by Gasteiger charge is -2.43.